The van der Waals surface area contributed by atoms with Crippen molar-refractivity contribution < 1.29 is 0 Å². The number of nitrogens with zero attached hydrogens (tertiary/aromatic N) is 2. The van der Waals surface area contributed by atoms with Gasteiger partial charge < -0.3 is 9.97 Å². The second-order valence-corrected chi connectivity index (χ2v) is 16.4. The van der Waals surface area contributed by atoms with Crippen LogP contribution in [0.25, 0.3) is 73.7 Å². The van der Waals surface area contributed by atoms with Crippen LogP contribution in [0.4, 0.5) is 0 Å². The Bertz CT molecular complexity index is 2570. The van der Waals surface area contributed by atoms with Crippen molar-refractivity contribution in [2.75, 3.05) is 0 Å². The molecule has 50 heavy (non-hydrogen) atoms. The van der Waals surface area contributed by atoms with Crippen LogP contribution in [0.5, 0.6) is 0 Å². The lowest BCUT2D eigenvalue weighted by molar-refractivity contribution is 1.28. The van der Waals surface area contributed by atoms with E-state index >= 15 is 0 Å². The molecule has 8 bridgehead atoms. The zero-order valence-corrected chi connectivity index (χ0v) is 31.3. The summed E-state index contributed by atoms with van der Waals surface area (Å²) < 4.78 is 0. The summed E-state index contributed by atoms with van der Waals surface area (Å²) >= 11 is 0. The van der Waals surface area contributed by atoms with Gasteiger partial charge in [0.25, 0.3) is 0 Å². The summed E-state index contributed by atoms with van der Waals surface area (Å²) in [4.78, 5) is 18.7. The molecule has 2 N–H and O–H groups in total. The van der Waals surface area contributed by atoms with Crippen LogP contribution in [-0.2, 0) is 0 Å². The van der Waals surface area contributed by atoms with Crippen LogP contribution in [0, 0.1) is 62.3 Å². The summed E-state index contributed by atoms with van der Waals surface area (Å²) in [5.74, 6) is 0. The first kappa shape index (κ1) is 32.0. The SMILES string of the molecule is Cc1cc(C)c(-c2c3nc(p(-c4c(C)cc(C)cc4C)c4ccc([nH]4)c(-c4c(C)cc(C)cc4C)c4nc(c5ccc2[nH]5)C=C4)C=C3)c(C)c1. The molecule has 6 aromatic rings. The van der Waals surface area contributed by atoms with Gasteiger partial charge in [-0.25, -0.2) is 9.97 Å². The topological polar surface area (TPSA) is 57.4 Å². The normalized spacial score (nSPS) is 12.7. The number of hydrogen-bond acceptors (Lipinski definition) is 2. The lowest BCUT2D eigenvalue weighted by atomic mass is 9.92. The van der Waals surface area contributed by atoms with E-state index in [1.54, 1.807) is 0 Å². The first-order valence-electron chi connectivity index (χ1n) is 17.4. The van der Waals surface area contributed by atoms with Gasteiger partial charge in [-0.1, -0.05) is 53.1 Å². The van der Waals surface area contributed by atoms with Crippen LogP contribution in [0.15, 0.2) is 60.7 Å². The minimum Gasteiger partial charge on any atom is -0.353 e. The van der Waals surface area contributed by atoms with Crippen LogP contribution >= 0.6 is 7.53 Å². The fourth-order valence-corrected chi connectivity index (χ4v) is 10.9. The lowest BCUT2D eigenvalue weighted by Gasteiger charge is -2.14. The smallest absolute Gasteiger partial charge is 0.0889 e. The van der Waals surface area contributed by atoms with E-state index in [0.29, 0.717) is 0 Å². The van der Waals surface area contributed by atoms with Crippen molar-refractivity contribution in [2.45, 2.75) is 62.3 Å². The maximum Gasteiger partial charge on any atom is 0.0889 e. The van der Waals surface area contributed by atoms with E-state index in [1.807, 2.05) is 0 Å². The highest BCUT2D eigenvalue weighted by molar-refractivity contribution is 7.62. The van der Waals surface area contributed by atoms with E-state index in [1.165, 1.54) is 71.8 Å². The molecule has 2 aliphatic rings. The Morgan fingerprint density at radius 3 is 1.44 bits per heavy atom. The molecule has 248 valence electrons. The van der Waals surface area contributed by atoms with Gasteiger partial charge in [0.2, 0.25) is 0 Å². The predicted molar refractivity (Wildman–Crippen MR) is 216 cm³/mol. The number of H-pyrrole nitrogens is 2. The molecule has 0 saturated heterocycles. The predicted octanol–water partition coefficient (Wildman–Crippen LogP) is 12.7. The van der Waals surface area contributed by atoms with Gasteiger partial charge in [0.1, 0.15) is 0 Å². The highest BCUT2D eigenvalue weighted by Gasteiger charge is 2.21. The molecule has 0 amide bonds. The number of fused-ring (bicyclic) bond motifs is 9. The van der Waals surface area contributed by atoms with Crippen LogP contribution < -0.4 is 0 Å². The third-order valence-corrected chi connectivity index (χ3v) is 12.7. The first-order chi connectivity index (χ1) is 24.0. The Hall–Kier alpha value is -5.18. The number of aromatic amines is 2. The van der Waals surface area contributed by atoms with Crippen LogP contribution in [-0.4, -0.2) is 19.9 Å². The van der Waals surface area contributed by atoms with Crippen molar-refractivity contribution in [1.82, 2.24) is 19.9 Å². The zero-order valence-electron chi connectivity index (χ0n) is 30.4. The molecule has 1 unspecified atom stereocenters. The Balaban J connectivity index is 1.60. The van der Waals surface area contributed by atoms with Gasteiger partial charge in [0.15, 0.2) is 0 Å². The third kappa shape index (κ3) is 5.30. The molecule has 5 heterocycles. The second-order valence-electron chi connectivity index (χ2n) is 14.3. The fraction of sp³-hybridized carbons (Fsp3) is 0.200. The minimum absolute atomic E-state index is 0.925. The minimum atomic E-state index is -1.02. The molecule has 0 spiro atoms. The van der Waals surface area contributed by atoms with Gasteiger partial charge in [0, 0.05) is 27.5 Å². The van der Waals surface area contributed by atoms with E-state index in [4.69, 9.17) is 9.97 Å². The quantitative estimate of drug-likeness (QED) is 0.197. The molecule has 2 aliphatic heterocycles. The molecule has 1 atom stereocenters. The van der Waals surface area contributed by atoms with E-state index < -0.39 is 7.53 Å². The molecule has 3 aromatic carbocycles. The summed E-state index contributed by atoms with van der Waals surface area (Å²) in [7, 11) is -1.02. The van der Waals surface area contributed by atoms with Gasteiger partial charge in [-0.3, -0.25) is 0 Å². The second kappa shape index (κ2) is 12.0. The van der Waals surface area contributed by atoms with Gasteiger partial charge in [0.05, 0.1) is 33.3 Å². The molecular formula is C45H43N4P. The zero-order chi connectivity index (χ0) is 35.0. The number of aromatic nitrogens is 4. The Labute approximate surface area is 295 Å². The standard InChI is InChI=1S/C45H43N4P/c1-24-18-27(4)41(28(5)19-24)43-35-12-10-33(46-35)34-11-13-36(47-34)44(42-29(6)20-25(2)21-30(42)7)38-15-17-40(49-38)50(39-16-14-37(43)48-39)45-31(8)22-26(3)23-32(45)9/h10-23,46,49H,1-9H3. The summed E-state index contributed by atoms with van der Waals surface area (Å²) in [5, 5.41) is 2.54. The molecule has 0 aliphatic carbocycles. The van der Waals surface area contributed by atoms with Gasteiger partial charge in [-0.2, -0.15) is 0 Å². The van der Waals surface area contributed by atoms with Crippen LogP contribution in [0.2, 0.25) is 0 Å². The van der Waals surface area contributed by atoms with E-state index in [9.17, 15) is 0 Å². The number of benzene rings is 3. The van der Waals surface area contributed by atoms with Crippen molar-refractivity contribution >= 4 is 53.6 Å². The molecular weight excluding hydrogens is 627 g/mol. The van der Waals surface area contributed by atoms with Crippen LogP contribution in [0.3, 0.4) is 0 Å². The summed E-state index contributed by atoms with van der Waals surface area (Å²) in [6.07, 6.45) is 8.81. The number of aryl methyl sites for hydroxylation is 9. The van der Waals surface area contributed by atoms with Crippen molar-refractivity contribution in [1.29, 1.82) is 0 Å². The molecule has 8 rings (SSSR count). The van der Waals surface area contributed by atoms with Gasteiger partial charge in [-0.15, -0.1) is 0 Å². The molecule has 4 nitrogen and oxygen atoms in total. The molecule has 0 fully saturated rings. The Morgan fingerprint density at radius 2 is 0.860 bits per heavy atom. The maximum absolute atomic E-state index is 5.57. The largest absolute Gasteiger partial charge is 0.353 e. The van der Waals surface area contributed by atoms with Crippen molar-refractivity contribution in [3.63, 3.8) is 0 Å². The average Bonchev–Trinajstić information content (AvgIpc) is 3.85. The highest BCUT2D eigenvalue weighted by Crippen LogP contribution is 2.51. The number of nitrogens with one attached hydrogen (secondary N) is 2. The van der Waals surface area contributed by atoms with E-state index in [-0.39, 0.29) is 0 Å². The first-order valence-corrected chi connectivity index (χ1v) is 18.8. The maximum atomic E-state index is 5.57. The molecule has 5 heteroatoms. The summed E-state index contributed by atoms with van der Waals surface area (Å²) in [6.45, 7) is 19.9. The third-order valence-electron chi connectivity index (χ3n) is 10.1. The Morgan fingerprint density at radius 1 is 0.420 bits per heavy atom. The lowest BCUT2D eigenvalue weighted by Crippen LogP contribution is -1.93. The number of rotatable bonds is 3. The Kier molecular flexibility index (Phi) is 7.69. The van der Waals surface area contributed by atoms with Crippen molar-refractivity contribution in [3.8, 4) is 27.6 Å². The average molecular weight is 671 g/mol. The number of hydrogen-bond donors (Lipinski definition) is 2. The highest BCUT2D eigenvalue weighted by atomic mass is 31.1. The van der Waals surface area contributed by atoms with Gasteiger partial charge in [-0.05, 0) is 163 Å². The molecule has 0 saturated carbocycles. The molecule has 0 radical (unpaired) electrons. The van der Waals surface area contributed by atoms with E-state index in [2.05, 4.69) is 157 Å². The van der Waals surface area contributed by atoms with Crippen molar-refractivity contribution in [2.24, 2.45) is 0 Å². The van der Waals surface area contributed by atoms with Crippen molar-refractivity contribution in [3.05, 3.63) is 133 Å². The van der Waals surface area contributed by atoms with E-state index in [0.717, 1.165) is 50.2 Å². The molecule has 3 aromatic heterocycles. The van der Waals surface area contributed by atoms with Crippen LogP contribution in [0.1, 0.15) is 72.6 Å². The fourth-order valence-electron chi connectivity index (χ4n) is 8.45. The summed E-state index contributed by atoms with van der Waals surface area (Å²) in [5.41, 5.74) is 23.2. The summed E-state index contributed by atoms with van der Waals surface area (Å²) in [6, 6.07) is 22.7. The monoisotopic (exact) mass is 670 g/mol. The van der Waals surface area contributed by atoms with Gasteiger partial charge >= 0.3 is 0 Å².